The number of nitro benzene ring substituents is 1. The summed E-state index contributed by atoms with van der Waals surface area (Å²) in [6.45, 7) is 2.65. The van der Waals surface area contributed by atoms with Crippen LogP contribution in [0, 0.1) is 28.4 Å². The molecule has 32 heavy (non-hydrogen) atoms. The molecule has 0 saturated carbocycles. The highest BCUT2D eigenvalue weighted by Gasteiger charge is 2.18. The summed E-state index contributed by atoms with van der Waals surface area (Å²) in [5.74, 6) is 0.822. The molecular formula is C24H19N5O2S. The van der Waals surface area contributed by atoms with Crippen molar-refractivity contribution in [2.75, 3.05) is 0 Å². The van der Waals surface area contributed by atoms with Crippen LogP contribution in [0.2, 0.25) is 0 Å². The van der Waals surface area contributed by atoms with Gasteiger partial charge in [-0.1, -0.05) is 60.2 Å². The Labute approximate surface area is 189 Å². The Morgan fingerprint density at radius 3 is 2.53 bits per heavy atom. The highest BCUT2D eigenvalue weighted by molar-refractivity contribution is 7.99. The SMILES string of the molecule is Cc1cccc(Cn2c(Cc3ccccc3)nnc2Sc2ccc([N+](=O)[O-])c(C#N)c2)c1. The summed E-state index contributed by atoms with van der Waals surface area (Å²) >= 11 is 1.33. The molecule has 3 aromatic carbocycles. The molecule has 0 aliphatic rings. The fraction of sp³-hybridized carbons (Fsp3) is 0.125. The number of nitrogens with zero attached hydrogens (tertiary/aromatic N) is 5. The standard InChI is InChI=1S/C24H19N5O2S/c1-17-6-5-9-19(12-17)16-28-23(13-18-7-3-2-4-8-18)26-27-24(28)32-21-10-11-22(29(30)31)20(14-21)15-25/h2-12,14H,13,16H2,1H3. The summed E-state index contributed by atoms with van der Waals surface area (Å²) in [5, 5.41) is 29.9. The minimum Gasteiger partial charge on any atom is -0.301 e. The van der Waals surface area contributed by atoms with Crippen molar-refractivity contribution in [3.8, 4) is 6.07 Å². The van der Waals surface area contributed by atoms with Gasteiger partial charge in [0.2, 0.25) is 0 Å². The summed E-state index contributed by atoms with van der Waals surface area (Å²) in [6, 6.07) is 24.7. The average Bonchev–Trinajstić information content (AvgIpc) is 3.15. The number of rotatable bonds is 7. The van der Waals surface area contributed by atoms with Crippen molar-refractivity contribution in [2.24, 2.45) is 0 Å². The van der Waals surface area contributed by atoms with Gasteiger partial charge in [0.1, 0.15) is 17.5 Å². The maximum atomic E-state index is 11.1. The largest absolute Gasteiger partial charge is 0.301 e. The number of aryl methyl sites for hydroxylation is 1. The molecule has 0 bridgehead atoms. The number of nitro groups is 1. The van der Waals surface area contributed by atoms with Crippen LogP contribution < -0.4 is 0 Å². The molecule has 7 nitrogen and oxygen atoms in total. The van der Waals surface area contributed by atoms with Crippen LogP contribution in [0.25, 0.3) is 0 Å². The third kappa shape index (κ3) is 4.85. The Hall–Kier alpha value is -3.96. The fourth-order valence-electron chi connectivity index (χ4n) is 3.39. The predicted molar refractivity (Wildman–Crippen MR) is 121 cm³/mol. The molecule has 0 saturated heterocycles. The first kappa shape index (κ1) is 21.3. The number of hydrogen-bond acceptors (Lipinski definition) is 6. The highest BCUT2D eigenvalue weighted by Crippen LogP contribution is 2.31. The topological polar surface area (TPSA) is 97.6 Å². The van der Waals surface area contributed by atoms with E-state index in [1.807, 2.05) is 42.5 Å². The Morgan fingerprint density at radius 1 is 1.03 bits per heavy atom. The zero-order valence-corrected chi connectivity index (χ0v) is 18.1. The molecule has 0 radical (unpaired) electrons. The Morgan fingerprint density at radius 2 is 1.81 bits per heavy atom. The normalized spacial score (nSPS) is 10.6. The van der Waals surface area contributed by atoms with Crippen molar-refractivity contribution in [1.82, 2.24) is 14.8 Å². The summed E-state index contributed by atoms with van der Waals surface area (Å²) in [6.07, 6.45) is 0.629. The summed E-state index contributed by atoms with van der Waals surface area (Å²) < 4.78 is 2.06. The first-order chi connectivity index (χ1) is 15.5. The number of aromatic nitrogens is 3. The van der Waals surface area contributed by atoms with Gasteiger partial charge in [0.25, 0.3) is 5.69 Å². The lowest BCUT2D eigenvalue weighted by molar-refractivity contribution is -0.385. The predicted octanol–water partition coefficient (Wildman–Crippen LogP) is 5.16. The monoisotopic (exact) mass is 441 g/mol. The molecule has 1 aromatic heterocycles. The van der Waals surface area contributed by atoms with E-state index < -0.39 is 4.92 Å². The van der Waals surface area contributed by atoms with Crippen molar-refractivity contribution in [3.63, 3.8) is 0 Å². The third-order valence-corrected chi connectivity index (χ3v) is 5.89. The molecule has 158 valence electrons. The summed E-state index contributed by atoms with van der Waals surface area (Å²) in [5.41, 5.74) is 3.24. The quantitative estimate of drug-likeness (QED) is 0.290. The van der Waals surface area contributed by atoms with Crippen LogP contribution in [-0.4, -0.2) is 19.7 Å². The first-order valence-corrected chi connectivity index (χ1v) is 10.7. The van der Waals surface area contributed by atoms with Gasteiger partial charge in [-0.25, -0.2) is 0 Å². The molecule has 8 heteroatoms. The molecule has 4 rings (SSSR count). The van der Waals surface area contributed by atoms with Crippen LogP contribution in [-0.2, 0) is 13.0 Å². The Kier molecular flexibility index (Phi) is 6.29. The van der Waals surface area contributed by atoms with E-state index in [0.29, 0.717) is 23.0 Å². The van der Waals surface area contributed by atoms with Gasteiger partial charge in [-0.15, -0.1) is 10.2 Å². The molecule has 0 aliphatic carbocycles. The van der Waals surface area contributed by atoms with Gasteiger partial charge < -0.3 is 4.57 Å². The third-order valence-electron chi connectivity index (χ3n) is 4.92. The molecule has 0 aliphatic heterocycles. The number of nitriles is 1. The van der Waals surface area contributed by atoms with Crippen LogP contribution in [0.4, 0.5) is 5.69 Å². The maximum absolute atomic E-state index is 11.1. The molecule has 0 amide bonds. The molecule has 0 fully saturated rings. The first-order valence-electron chi connectivity index (χ1n) is 9.91. The minimum absolute atomic E-state index is 0.0225. The van der Waals surface area contributed by atoms with Crippen molar-refractivity contribution in [2.45, 2.75) is 29.9 Å². The molecule has 0 atom stereocenters. The van der Waals surface area contributed by atoms with Crippen molar-refractivity contribution in [3.05, 3.63) is 111 Å². The fourth-order valence-corrected chi connectivity index (χ4v) is 4.27. The van der Waals surface area contributed by atoms with Crippen molar-refractivity contribution >= 4 is 17.4 Å². The van der Waals surface area contributed by atoms with Crippen LogP contribution in [0.15, 0.2) is 82.8 Å². The van der Waals surface area contributed by atoms with E-state index in [4.69, 9.17) is 0 Å². The lowest BCUT2D eigenvalue weighted by Gasteiger charge is -2.11. The second-order valence-corrected chi connectivity index (χ2v) is 8.33. The van der Waals surface area contributed by atoms with Crippen LogP contribution in [0.5, 0.6) is 0 Å². The molecule has 0 spiro atoms. The van der Waals surface area contributed by atoms with Gasteiger partial charge in [-0.05, 0) is 41.9 Å². The van der Waals surface area contributed by atoms with E-state index >= 15 is 0 Å². The number of hydrogen-bond donors (Lipinski definition) is 0. The zero-order valence-electron chi connectivity index (χ0n) is 17.3. The van der Waals surface area contributed by atoms with E-state index in [-0.39, 0.29) is 11.3 Å². The second kappa shape index (κ2) is 9.45. The van der Waals surface area contributed by atoms with Crippen LogP contribution in [0.3, 0.4) is 0 Å². The van der Waals surface area contributed by atoms with Crippen molar-refractivity contribution in [1.29, 1.82) is 5.26 Å². The van der Waals surface area contributed by atoms with Gasteiger partial charge in [0.15, 0.2) is 5.16 Å². The van der Waals surface area contributed by atoms with Gasteiger partial charge in [0, 0.05) is 17.4 Å². The molecular weight excluding hydrogens is 422 g/mol. The van der Waals surface area contributed by atoms with Gasteiger partial charge in [0.05, 0.1) is 11.5 Å². The second-order valence-electron chi connectivity index (χ2n) is 7.29. The molecule has 0 N–H and O–H groups in total. The highest BCUT2D eigenvalue weighted by atomic mass is 32.2. The summed E-state index contributed by atoms with van der Waals surface area (Å²) in [4.78, 5) is 11.3. The van der Waals surface area contributed by atoms with E-state index in [1.165, 1.54) is 29.5 Å². The molecule has 0 unspecified atom stereocenters. The van der Waals surface area contributed by atoms with E-state index in [9.17, 15) is 15.4 Å². The van der Waals surface area contributed by atoms with E-state index in [0.717, 1.165) is 17.0 Å². The lowest BCUT2D eigenvalue weighted by Crippen LogP contribution is -2.07. The molecule has 4 aromatic rings. The zero-order chi connectivity index (χ0) is 22.5. The van der Waals surface area contributed by atoms with Crippen LogP contribution in [0.1, 0.15) is 28.1 Å². The van der Waals surface area contributed by atoms with Crippen molar-refractivity contribution < 1.29 is 4.92 Å². The maximum Gasteiger partial charge on any atom is 0.287 e. The Balaban J connectivity index is 1.70. The average molecular weight is 442 g/mol. The van der Waals surface area contributed by atoms with Gasteiger partial charge in [-0.3, -0.25) is 10.1 Å². The minimum atomic E-state index is -0.550. The summed E-state index contributed by atoms with van der Waals surface area (Å²) in [7, 11) is 0. The molecule has 1 heterocycles. The number of benzene rings is 3. The van der Waals surface area contributed by atoms with E-state index in [2.05, 4.69) is 39.9 Å². The van der Waals surface area contributed by atoms with Gasteiger partial charge >= 0.3 is 0 Å². The van der Waals surface area contributed by atoms with Crippen LogP contribution >= 0.6 is 11.8 Å². The smallest absolute Gasteiger partial charge is 0.287 e. The Bertz CT molecular complexity index is 1310. The van der Waals surface area contributed by atoms with Gasteiger partial charge in [-0.2, -0.15) is 5.26 Å². The van der Waals surface area contributed by atoms with E-state index in [1.54, 1.807) is 6.07 Å². The lowest BCUT2D eigenvalue weighted by atomic mass is 10.1.